The number of hydrogen-bond acceptors (Lipinski definition) is 10. The number of rotatable bonds is 5. The fourth-order valence-corrected chi connectivity index (χ4v) is 3.48. The van der Waals surface area contributed by atoms with Gasteiger partial charge in [0.1, 0.15) is 36.6 Å². The van der Waals surface area contributed by atoms with E-state index in [4.69, 9.17) is 28.6 Å². The Morgan fingerprint density at radius 2 is 1.96 bits per heavy atom. The van der Waals surface area contributed by atoms with Crippen molar-refractivity contribution < 1.29 is 57.1 Å². The lowest BCUT2D eigenvalue weighted by Crippen LogP contribution is -2.62. The van der Waals surface area contributed by atoms with Crippen LogP contribution in [0.5, 0.6) is 0 Å². The van der Waals surface area contributed by atoms with Crippen molar-refractivity contribution in [1.82, 2.24) is 4.72 Å². The van der Waals surface area contributed by atoms with Crippen LogP contribution in [0.15, 0.2) is 11.8 Å². The number of fused-ring (bicyclic) bond motifs is 2. The molecule has 14 heteroatoms. The second kappa shape index (κ2) is 6.99. The van der Waals surface area contributed by atoms with Crippen molar-refractivity contribution in [1.29, 1.82) is 0 Å². The molecule has 2 fully saturated rings. The molecule has 8 atom stereocenters. The Kier molecular flexibility index (Phi) is 5.22. The van der Waals surface area contributed by atoms with Crippen LogP contribution in [0.1, 0.15) is 0 Å². The molecule has 3 rings (SSSR count). The zero-order chi connectivity index (χ0) is 19.2. The molecular weight excluding hydrogens is 382 g/mol. The van der Waals surface area contributed by atoms with E-state index in [2.05, 4.69) is 0 Å². The summed E-state index contributed by atoms with van der Waals surface area (Å²) in [6.07, 6.45) is -9.20. The Labute approximate surface area is 146 Å². The quantitative estimate of drug-likeness (QED) is 0.247. The van der Waals surface area contributed by atoms with Crippen molar-refractivity contribution in [2.24, 2.45) is 0 Å². The minimum Gasteiger partial charge on any atom is -0.475 e. The summed E-state index contributed by atoms with van der Waals surface area (Å²) in [5.41, 5.74) is 0. The molecule has 3 aliphatic heterocycles. The van der Waals surface area contributed by atoms with Gasteiger partial charge >= 0.3 is 16.3 Å². The van der Waals surface area contributed by atoms with Gasteiger partial charge in [-0.05, 0) is 6.08 Å². The van der Waals surface area contributed by atoms with Gasteiger partial charge in [0.15, 0.2) is 6.29 Å². The Morgan fingerprint density at radius 3 is 2.58 bits per heavy atom. The summed E-state index contributed by atoms with van der Waals surface area (Å²) in [5.74, 6) is -2.19. The first kappa shape index (κ1) is 19.4. The summed E-state index contributed by atoms with van der Waals surface area (Å²) in [5, 5.41) is 39.0. The van der Waals surface area contributed by atoms with E-state index in [0.717, 1.165) is 6.08 Å². The molecule has 2 saturated heterocycles. The summed E-state index contributed by atoms with van der Waals surface area (Å²) >= 11 is 0. The highest BCUT2D eigenvalue weighted by Gasteiger charge is 2.53. The number of aliphatic hydroxyl groups excluding tert-OH is 3. The summed E-state index contributed by atoms with van der Waals surface area (Å²) < 4.78 is 53.6. The van der Waals surface area contributed by atoms with E-state index in [1.54, 1.807) is 4.72 Å². The first-order valence-electron chi connectivity index (χ1n) is 7.40. The summed E-state index contributed by atoms with van der Waals surface area (Å²) in [6.45, 7) is -0.108. The van der Waals surface area contributed by atoms with E-state index in [1.807, 2.05) is 0 Å². The molecule has 148 valence electrons. The summed E-state index contributed by atoms with van der Waals surface area (Å²) in [7, 11) is -4.71. The van der Waals surface area contributed by atoms with Crippen LogP contribution in [0.2, 0.25) is 0 Å². The van der Waals surface area contributed by atoms with Gasteiger partial charge in [0.2, 0.25) is 12.0 Å². The smallest absolute Gasteiger partial charge is 0.371 e. The van der Waals surface area contributed by atoms with Crippen LogP contribution >= 0.6 is 0 Å². The first-order chi connectivity index (χ1) is 12.1. The average Bonchev–Trinajstić information content (AvgIpc) is 2.97. The van der Waals surface area contributed by atoms with Gasteiger partial charge in [-0.3, -0.25) is 4.55 Å². The molecule has 0 spiro atoms. The molecule has 6 N–H and O–H groups in total. The van der Waals surface area contributed by atoms with Gasteiger partial charge in [-0.15, -0.1) is 0 Å². The van der Waals surface area contributed by atoms with Crippen molar-refractivity contribution in [3.8, 4) is 0 Å². The van der Waals surface area contributed by atoms with E-state index in [9.17, 15) is 28.5 Å². The molecular formula is C12H17NO12S. The third-order valence-corrected chi connectivity index (χ3v) is 4.65. The minimum absolute atomic E-state index is 0.108. The predicted molar refractivity (Wildman–Crippen MR) is 76.6 cm³/mol. The van der Waals surface area contributed by atoms with Gasteiger partial charge < -0.3 is 39.4 Å². The molecule has 0 amide bonds. The highest BCUT2D eigenvalue weighted by atomic mass is 32.2. The van der Waals surface area contributed by atoms with Gasteiger partial charge in [0, 0.05) is 0 Å². The third kappa shape index (κ3) is 3.83. The van der Waals surface area contributed by atoms with E-state index >= 15 is 0 Å². The average molecular weight is 399 g/mol. The predicted octanol–water partition coefficient (Wildman–Crippen LogP) is -3.70. The summed E-state index contributed by atoms with van der Waals surface area (Å²) in [4.78, 5) is 11.0. The normalized spacial score (nSPS) is 42.8. The van der Waals surface area contributed by atoms with Crippen LogP contribution in [0.3, 0.4) is 0 Å². The number of aliphatic hydroxyl groups is 3. The molecule has 0 saturated carbocycles. The minimum atomic E-state index is -4.71. The molecule has 0 aromatic heterocycles. The van der Waals surface area contributed by atoms with E-state index in [1.165, 1.54) is 0 Å². The number of carboxylic acids is 1. The van der Waals surface area contributed by atoms with E-state index in [-0.39, 0.29) is 6.61 Å². The molecule has 0 aliphatic carbocycles. The van der Waals surface area contributed by atoms with Crippen molar-refractivity contribution >= 4 is 16.3 Å². The number of carboxylic acid groups (broad SMARTS) is 1. The van der Waals surface area contributed by atoms with Crippen LogP contribution in [-0.2, 0) is 34.0 Å². The van der Waals surface area contributed by atoms with Crippen molar-refractivity contribution in [2.45, 2.75) is 49.1 Å². The third-order valence-electron chi connectivity index (χ3n) is 4.08. The van der Waals surface area contributed by atoms with Crippen molar-refractivity contribution in [2.75, 3.05) is 6.61 Å². The number of ether oxygens (including phenoxy) is 4. The lowest BCUT2D eigenvalue weighted by atomic mass is 9.99. The number of nitrogens with one attached hydrogen (secondary N) is 1. The van der Waals surface area contributed by atoms with E-state index in [0.29, 0.717) is 0 Å². The molecule has 26 heavy (non-hydrogen) atoms. The first-order valence-corrected chi connectivity index (χ1v) is 8.84. The number of aliphatic carboxylic acids is 1. The van der Waals surface area contributed by atoms with Gasteiger partial charge in [0.25, 0.3) is 0 Å². The highest BCUT2D eigenvalue weighted by molar-refractivity contribution is 7.83. The SMILES string of the molecule is O=C(O)C1=C[C@H](O)[C@@H](O)[C@H](O[C@H]2[C@H](O)[C@H](NS(=O)(=O)O)[C@@H]3OC[C@H]2O3)O1. The molecule has 3 aliphatic rings. The summed E-state index contributed by atoms with van der Waals surface area (Å²) in [6, 6.07) is -1.44. The molecule has 0 radical (unpaired) electrons. The second-order valence-electron chi connectivity index (χ2n) is 5.89. The lowest BCUT2D eigenvalue weighted by Gasteiger charge is -2.40. The van der Waals surface area contributed by atoms with Gasteiger partial charge in [0.05, 0.1) is 6.61 Å². The van der Waals surface area contributed by atoms with Crippen molar-refractivity contribution in [3.05, 3.63) is 11.8 Å². The van der Waals surface area contributed by atoms with Crippen LogP contribution in [0.4, 0.5) is 0 Å². The molecule has 0 unspecified atom stereocenters. The second-order valence-corrected chi connectivity index (χ2v) is 7.08. The highest BCUT2D eigenvalue weighted by Crippen LogP contribution is 2.32. The fourth-order valence-electron chi connectivity index (χ4n) is 2.89. The maximum absolute atomic E-state index is 11.0. The standard InChI is InChI=1S/C12H17NO12S/c14-3-1-4(10(17)18)23-12(7(3)15)25-9-5-2-22-11(24-5)6(8(9)16)13-26(19,20)21/h1,3,5-9,11-16H,2H2,(H,17,18)(H,19,20,21)/t3-,5+,6-,7+,8+,9+,11+,12-/m0/s1. The molecule has 0 aromatic rings. The fraction of sp³-hybridized carbons (Fsp3) is 0.750. The largest absolute Gasteiger partial charge is 0.475 e. The van der Waals surface area contributed by atoms with Crippen LogP contribution < -0.4 is 4.72 Å². The molecule has 0 aromatic carbocycles. The molecule has 2 bridgehead atoms. The number of carbonyl (C=O) groups is 1. The Balaban J connectivity index is 1.78. The van der Waals surface area contributed by atoms with Crippen LogP contribution in [-0.4, -0.2) is 95.1 Å². The lowest BCUT2D eigenvalue weighted by molar-refractivity contribution is -0.274. The Hall–Kier alpha value is -1.36. The van der Waals surface area contributed by atoms with Gasteiger partial charge in [-0.25, -0.2) is 4.79 Å². The van der Waals surface area contributed by atoms with Crippen LogP contribution in [0.25, 0.3) is 0 Å². The number of hydrogen-bond donors (Lipinski definition) is 6. The zero-order valence-corrected chi connectivity index (χ0v) is 13.7. The monoisotopic (exact) mass is 399 g/mol. The van der Waals surface area contributed by atoms with Crippen molar-refractivity contribution in [3.63, 3.8) is 0 Å². The Morgan fingerprint density at radius 1 is 1.27 bits per heavy atom. The maximum atomic E-state index is 11.0. The molecule has 3 heterocycles. The Bertz CT molecular complexity index is 694. The maximum Gasteiger partial charge on any atom is 0.371 e. The van der Waals surface area contributed by atoms with Crippen LogP contribution in [0, 0.1) is 0 Å². The topological polar surface area (TPSA) is 201 Å². The zero-order valence-electron chi connectivity index (χ0n) is 12.9. The van der Waals surface area contributed by atoms with E-state index < -0.39 is 71.2 Å². The van der Waals surface area contributed by atoms with Gasteiger partial charge in [-0.1, -0.05) is 0 Å². The molecule has 13 nitrogen and oxygen atoms in total. The van der Waals surface area contributed by atoms with Gasteiger partial charge in [-0.2, -0.15) is 13.1 Å².